The molecule has 0 aliphatic rings. The second kappa shape index (κ2) is 4.78. The molecule has 0 aliphatic heterocycles. The fourth-order valence-corrected chi connectivity index (χ4v) is 3.66. The molecule has 3 aromatic rings. The summed E-state index contributed by atoms with van der Waals surface area (Å²) in [6, 6.07) is 8.36. The number of nitrogens with zero attached hydrogens (tertiary/aromatic N) is 3. The van der Waals surface area contributed by atoms with Gasteiger partial charge in [0.15, 0.2) is 4.83 Å². The van der Waals surface area contributed by atoms with Crippen LogP contribution < -0.4 is 9.30 Å². The molecule has 0 saturated carbocycles. The van der Waals surface area contributed by atoms with E-state index in [0.29, 0.717) is 0 Å². The van der Waals surface area contributed by atoms with Crippen molar-refractivity contribution >= 4 is 32.9 Å². The molecule has 0 amide bonds. The van der Waals surface area contributed by atoms with Gasteiger partial charge in [0.1, 0.15) is 5.52 Å². The second-order valence-corrected chi connectivity index (χ2v) is 5.44. The van der Waals surface area contributed by atoms with E-state index in [2.05, 4.69) is 53.7 Å². The van der Waals surface area contributed by atoms with E-state index in [4.69, 9.17) is 4.98 Å². The topological polar surface area (TPSA) is 20.2 Å². The van der Waals surface area contributed by atoms with Gasteiger partial charge in [-0.3, -0.25) is 4.90 Å². The zero-order valence-electron chi connectivity index (χ0n) is 11.6. The Morgan fingerprint density at radius 3 is 2.68 bits per heavy atom. The third kappa shape index (κ3) is 1.87. The molecule has 98 valence electrons. The van der Waals surface area contributed by atoms with Crippen molar-refractivity contribution in [1.29, 1.82) is 0 Å². The second-order valence-electron chi connectivity index (χ2n) is 4.58. The summed E-state index contributed by atoms with van der Waals surface area (Å²) in [4.78, 5) is 8.38. The van der Waals surface area contributed by atoms with Gasteiger partial charge in [0.25, 0.3) is 0 Å². The van der Waals surface area contributed by atoms with Crippen LogP contribution in [0.15, 0.2) is 29.6 Å². The Labute approximate surface area is 117 Å². The van der Waals surface area contributed by atoms with Gasteiger partial charge in [0.2, 0.25) is 11.6 Å². The summed E-state index contributed by atoms with van der Waals surface area (Å²) in [5.74, 6) is 2.30. The molecular formula is C15H18N3S+. The number of hydrogen-bond acceptors (Lipinski definition) is 3. The van der Waals surface area contributed by atoms with Crippen molar-refractivity contribution in [3.63, 3.8) is 0 Å². The molecular weight excluding hydrogens is 254 g/mol. The molecule has 0 atom stereocenters. The van der Waals surface area contributed by atoms with Crippen LogP contribution in [0, 0.1) is 6.92 Å². The van der Waals surface area contributed by atoms with Crippen molar-refractivity contribution in [2.45, 2.75) is 20.8 Å². The number of fused-ring (bicyclic) bond motifs is 3. The van der Waals surface area contributed by atoms with E-state index in [1.54, 1.807) is 11.3 Å². The quantitative estimate of drug-likeness (QED) is 0.682. The van der Waals surface area contributed by atoms with Crippen molar-refractivity contribution in [2.75, 3.05) is 18.0 Å². The smallest absolute Gasteiger partial charge is 0.241 e. The maximum atomic E-state index is 4.73. The highest BCUT2D eigenvalue weighted by Crippen LogP contribution is 2.24. The van der Waals surface area contributed by atoms with E-state index in [1.165, 1.54) is 16.0 Å². The Morgan fingerprint density at radius 2 is 1.95 bits per heavy atom. The third-order valence-corrected chi connectivity index (χ3v) is 4.49. The van der Waals surface area contributed by atoms with E-state index in [-0.39, 0.29) is 0 Å². The highest BCUT2D eigenvalue weighted by molar-refractivity contribution is 7.16. The van der Waals surface area contributed by atoms with Crippen LogP contribution in [0.3, 0.4) is 0 Å². The maximum Gasteiger partial charge on any atom is 0.241 e. The van der Waals surface area contributed by atoms with E-state index in [0.717, 1.165) is 24.4 Å². The molecule has 1 aromatic carbocycles. The van der Waals surface area contributed by atoms with Crippen molar-refractivity contribution in [3.05, 3.63) is 35.5 Å². The Morgan fingerprint density at radius 1 is 1.21 bits per heavy atom. The number of rotatable bonds is 3. The summed E-state index contributed by atoms with van der Waals surface area (Å²) < 4.78 is 2.28. The molecule has 3 nitrogen and oxygen atoms in total. The zero-order valence-corrected chi connectivity index (χ0v) is 12.4. The first kappa shape index (κ1) is 12.4. The largest absolute Gasteiger partial charge is 0.292 e. The number of anilines is 1. The molecule has 3 rings (SSSR count). The highest BCUT2D eigenvalue weighted by Gasteiger charge is 2.20. The standard InChI is InChI=1S/C15H18N3S/c1-4-17(5-2)14-10-19-15-12-8-6-7-9-13(12)16-11(3)18(14)15/h6-10H,4-5H2,1-3H3/q+1. The van der Waals surface area contributed by atoms with E-state index >= 15 is 0 Å². The minimum atomic E-state index is 1.02. The predicted octanol–water partition coefficient (Wildman–Crippen LogP) is 3.19. The molecule has 19 heavy (non-hydrogen) atoms. The SMILES string of the molecule is CCN(CC)c1csc2c3ccccc3nc(C)[n+]12. The summed E-state index contributed by atoms with van der Waals surface area (Å²) in [5.41, 5.74) is 1.08. The first-order chi connectivity index (χ1) is 9.26. The molecule has 0 unspecified atom stereocenters. The third-order valence-electron chi connectivity index (χ3n) is 3.54. The molecule has 0 bridgehead atoms. The van der Waals surface area contributed by atoms with Crippen molar-refractivity contribution in [2.24, 2.45) is 0 Å². The summed E-state index contributed by atoms with van der Waals surface area (Å²) >= 11 is 1.80. The van der Waals surface area contributed by atoms with Gasteiger partial charge in [-0.25, -0.2) is 0 Å². The van der Waals surface area contributed by atoms with Gasteiger partial charge in [-0.2, -0.15) is 4.40 Å². The van der Waals surface area contributed by atoms with Crippen molar-refractivity contribution < 1.29 is 4.40 Å². The first-order valence-electron chi connectivity index (χ1n) is 6.69. The van der Waals surface area contributed by atoms with E-state index in [1.807, 2.05) is 6.07 Å². The zero-order chi connectivity index (χ0) is 13.4. The number of hydrogen-bond donors (Lipinski definition) is 0. The number of para-hydroxylation sites is 1. The van der Waals surface area contributed by atoms with Crippen LogP contribution in [0.4, 0.5) is 5.82 Å². The summed E-state index contributed by atoms with van der Waals surface area (Å²) in [6.45, 7) is 8.50. The van der Waals surface area contributed by atoms with Gasteiger partial charge in [0.05, 0.1) is 23.9 Å². The Bertz CT molecular complexity index is 729. The van der Waals surface area contributed by atoms with Crippen LogP contribution >= 0.6 is 11.3 Å². The van der Waals surface area contributed by atoms with Crippen LogP contribution in [0.1, 0.15) is 19.7 Å². The Balaban J connectivity index is 2.37. The normalized spacial score (nSPS) is 11.3. The number of aromatic nitrogens is 2. The van der Waals surface area contributed by atoms with Crippen molar-refractivity contribution in [1.82, 2.24) is 4.98 Å². The van der Waals surface area contributed by atoms with Crippen LogP contribution in [0.5, 0.6) is 0 Å². The van der Waals surface area contributed by atoms with Crippen LogP contribution in [0.25, 0.3) is 15.7 Å². The highest BCUT2D eigenvalue weighted by atomic mass is 32.1. The molecule has 2 heterocycles. The molecule has 4 heteroatoms. The van der Waals surface area contributed by atoms with Crippen LogP contribution in [-0.2, 0) is 0 Å². The van der Waals surface area contributed by atoms with Gasteiger partial charge in [0, 0.05) is 6.92 Å². The van der Waals surface area contributed by atoms with Gasteiger partial charge >= 0.3 is 0 Å². The predicted molar refractivity (Wildman–Crippen MR) is 81.1 cm³/mol. The summed E-state index contributed by atoms with van der Waals surface area (Å²) in [7, 11) is 0. The lowest BCUT2D eigenvalue weighted by Crippen LogP contribution is -2.36. The van der Waals surface area contributed by atoms with Crippen molar-refractivity contribution in [3.8, 4) is 0 Å². The number of aryl methyl sites for hydroxylation is 1. The van der Waals surface area contributed by atoms with Crippen LogP contribution in [-0.4, -0.2) is 18.1 Å². The lowest BCUT2D eigenvalue weighted by molar-refractivity contribution is -0.504. The molecule has 0 radical (unpaired) electrons. The number of benzene rings is 1. The number of thiazole rings is 1. The monoisotopic (exact) mass is 272 g/mol. The first-order valence-corrected chi connectivity index (χ1v) is 7.57. The molecule has 0 saturated heterocycles. The molecule has 0 N–H and O–H groups in total. The van der Waals surface area contributed by atoms with Gasteiger partial charge in [-0.05, 0) is 26.0 Å². The van der Waals surface area contributed by atoms with Gasteiger partial charge < -0.3 is 0 Å². The minimum absolute atomic E-state index is 1.02. The van der Waals surface area contributed by atoms with Crippen LogP contribution in [0.2, 0.25) is 0 Å². The average molecular weight is 272 g/mol. The molecule has 0 spiro atoms. The minimum Gasteiger partial charge on any atom is -0.292 e. The summed E-state index contributed by atoms with van der Waals surface area (Å²) in [6.07, 6.45) is 0. The fourth-order valence-electron chi connectivity index (χ4n) is 2.55. The average Bonchev–Trinajstić information content (AvgIpc) is 2.86. The Kier molecular flexibility index (Phi) is 3.11. The summed E-state index contributed by atoms with van der Waals surface area (Å²) in [5, 5.41) is 3.47. The Hall–Kier alpha value is -1.68. The maximum absolute atomic E-state index is 4.73. The molecule has 0 fully saturated rings. The van der Waals surface area contributed by atoms with Gasteiger partial charge in [-0.15, -0.1) is 16.3 Å². The van der Waals surface area contributed by atoms with E-state index in [9.17, 15) is 0 Å². The molecule has 2 aromatic heterocycles. The fraction of sp³-hybridized carbons (Fsp3) is 0.333. The van der Waals surface area contributed by atoms with E-state index < -0.39 is 0 Å². The lowest BCUT2D eigenvalue weighted by Gasteiger charge is -2.14. The lowest BCUT2D eigenvalue weighted by atomic mass is 10.2. The molecule has 0 aliphatic carbocycles. The van der Waals surface area contributed by atoms with Gasteiger partial charge in [-0.1, -0.05) is 12.1 Å².